The molecule has 16 heavy (non-hydrogen) atoms. The van der Waals surface area contributed by atoms with Gasteiger partial charge in [0, 0.05) is 10.4 Å². The monoisotopic (exact) mass is 356 g/mol. The first-order valence-electron chi connectivity index (χ1n) is 1.78. The van der Waals surface area contributed by atoms with Crippen LogP contribution in [0.15, 0.2) is 0 Å². The molecule has 0 bridgehead atoms. The Morgan fingerprint density at radius 3 is 0.938 bits per heavy atom. The Morgan fingerprint density at radius 1 is 0.938 bits per heavy atom. The van der Waals surface area contributed by atoms with Crippen LogP contribution in [0.4, 0.5) is 4.79 Å². The van der Waals surface area contributed by atoms with E-state index in [0.717, 1.165) is 0 Å². The minimum absolute atomic E-state index is 0. The molecule has 0 saturated carbocycles. The zero-order valence-corrected chi connectivity index (χ0v) is 15.8. The van der Waals surface area contributed by atoms with Crippen LogP contribution in [0.1, 0.15) is 0 Å². The van der Waals surface area contributed by atoms with E-state index in [4.69, 9.17) is 45.8 Å². The van der Waals surface area contributed by atoms with E-state index in [1.54, 1.807) is 0 Å². The van der Waals surface area contributed by atoms with Crippen molar-refractivity contribution in [2.24, 2.45) is 0 Å². The van der Waals surface area contributed by atoms with E-state index in [1.807, 2.05) is 0 Å². The van der Waals surface area contributed by atoms with Crippen molar-refractivity contribution in [2.45, 2.75) is 0 Å². The predicted molar refractivity (Wildman–Crippen MR) is 42.8 cm³/mol. The van der Waals surface area contributed by atoms with Crippen LogP contribution in [0.25, 0.3) is 0 Å². The van der Waals surface area contributed by atoms with Crippen molar-refractivity contribution in [1.29, 1.82) is 0 Å². The van der Waals surface area contributed by atoms with E-state index in [9.17, 15) is 0 Å². The van der Waals surface area contributed by atoms with Crippen LogP contribution < -0.4 is 10.2 Å². The molecule has 0 radical (unpaired) electrons. The molecule has 10 nitrogen and oxygen atoms in total. The average molecular weight is 356 g/mol. The summed E-state index contributed by atoms with van der Waals surface area (Å²) in [5.74, 6) is 0. The molecule has 0 aromatic rings. The molecule has 0 N–H and O–H groups in total. The van der Waals surface area contributed by atoms with Gasteiger partial charge < -0.3 is 33.2 Å². The van der Waals surface area contributed by atoms with Crippen LogP contribution in [0.3, 0.4) is 0 Å². The standard InChI is InChI=1S/CH2O3.3Ca.H2O4S.H2O3S/c2-1(3)4;;;;1-5(2,3)4;1-4(2)3/h(H2,2,3,4);;;;(H2,1,2,3,4);(H2,1,2,3)/q;3*+2;;/p-6. The Morgan fingerprint density at radius 2 is 0.938 bits per heavy atom. The third-order valence-electron chi connectivity index (χ3n) is 0. The van der Waals surface area contributed by atoms with Gasteiger partial charge in [0.05, 0.1) is 0 Å². The maximum Gasteiger partial charge on any atom is 2.00 e. The van der Waals surface area contributed by atoms with Crippen LogP contribution >= 0.6 is 0 Å². The average Bonchev–Trinajstić information content (AvgIpc) is 1.50. The number of carbonyl (C=O) groups excluding carboxylic acids is 1. The van der Waals surface area contributed by atoms with E-state index in [2.05, 4.69) is 0 Å². The number of rotatable bonds is 0. The first-order chi connectivity index (χ1) is 5.46. The first kappa shape index (κ1) is 36.4. The quantitative estimate of drug-likeness (QED) is 0.174. The Bertz CT molecular complexity index is 219. The van der Waals surface area contributed by atoms with Crippen LogP contribution in [0.2, 0.25) is 0 Å². The number of hydrogen-bond acceptors (Lipinski definition) is 10. The zero-order chi connectivity index (χ0) is 11.7. The van der Waals surface area contributed by atoms with Gasteiger partial charge in [0.25, 0.3) is 0 Å². The van der Waals surface area contributed by atoms with E-state index < -0.39 is 27.9 Å². The van der Waals surface area contributed by atoms with Gasteiger partial charge >= 0.3 is 113 Å². The van der Waals surface area contributed by atoms with Gasteiger partial charge in [-0.1, -0.05) is 0 Å². The Kier molecular flexibility index (Phi) is 52.6. The van der Waals surface area contributed by atoms with Crippen molar-refractivity contribution in [2.75, 3.05) is 0 Å². The van der Waals surface area contributed by atoms with Crippen LogP contribution in [-0.2, 0) is 21.8 Å². The summed E-state index contributed by atoms with van der Waals surface area (Å²) >= 11 is -3.11. The van der Waals surface area contributed by atoms with E-state index in [-0.39, 0.29) is 113 Å². The fraction of sp³-hybridized carbons (Fsp3) is 0. The van der Waals surface area contributed by atoms with Gasteiger partial charge in [-0.15, -0.1) is 11.4 Å². The maximum atomic E-state index is 8.52. The Hall–Kier alpha value is 2.99. The SMILES string of the molecule is O=C([O-])[O-].O=S(=O)([O-])[O-].O=S([O-])[O-].[Ca+2].[Ca+2].[Ca+2]. The fourth-order valence-corrected chi connectivity index (χ4v) is 0. The normalized spacial score (nSPS) is 7.31. The van der Waals surface area contributed by atoms with E-state index in [0.29, 0.717) is 0 Å². The molecule has 0 amide bonds. The molecule has 0 fully saturated rings. The second-order valence-electron chi connectivity index (χ2n) is 0.862. The van der Waals surface area contributed by atoms with Gasteiger partial charge in [0.1, 0.15) is 0 Å². The summed E-state index contributed by atoms with van der Waals surface area (Å²) in [4.78, 5) is 8.33. The molecular formula is CCa3O10S2. The smallest absolute Gasteiger partial charge is 0.784 e. The molecule has 82 valence electrons. The van der Waals surface area contributed by atoms with Crippen molar-refractivity contribution >= 4 is 141 Å². The van der Waals surface area contributed by atoms with Crippen LogP contribution in [0.5, 0.6) is 0 Å². The molecular weight excluding hydrogens is 356 g/mol. The zero-order valence-electron chi connectivity index (χ0n) is 7.52. The number of hydrogen-bond donors (Lipinski definition) is 0. The fourth-order valence-electron chi connectivity index (χ4n) is 0. The largest absolute Gasteiger partial charge is 2.00 e. The molecule has 0 aliphatic heterocycles. The van der Waals surface area contributed by atoms with Gasteiger partial charge in [-0.2, -0.15) is 0 Å². The van der Waals surface area contributed by atoms with Crippen molar-refractivity contribution in [1.82, 2.24) is 0 Å². The first-order valence-corrected chi connectivity index (χ1v) is 4.11. The minimum atomic E-state index is -5.17. The van der Waals surface area contributed by atoms with Gasteiger partial charge in [0.15, 0.2) is 0 Å². The molecule has 0 aromatic carbocycles. The summed E-state index contributed by atoms with van der Waals surface area (Å²) in [6.45, 7) is 0. The Labute approximate surface area is 183 Å². The minimum Gasteiger partial charge on any atom is -0.784 e. The molecule has 15 heteroatoms. The molecule has 0 rings (SSSR count). The third-order valence-corrected chi connectivity index (χ3v) is 0. The number of carbonyl (C=O) groups is 1. The topological polar surface area (TPSA) is 207 Å². The van der Waals surface area contributed by atoms with Crippen molar-refractivity contribution in [3.8, 4) is 0 Å². The summed E-state index contributed by atoms with van der Waals surface area (Å²) in [6.07, 6.45) is -2.33. The summed E-state index contributed by atoms with van der Waals surface area (Å²) in [6, 6.07) is 0. The van der Waals surface area contributed by atoms with Crippen molar-refractivity contribution < 1.29 is 45.8 Å². The van der Waals surface area contributed by atoms with E-state index >= 15 is 0 Å². The number of carboxylic acid groups (broad SMARTS) is 2. The van der Waals surface area contributed by atoms with Crippen LogP contribution in [0, 0.1) is 0 Å². The van der Waals surface area contributed by atoms with Gasteiger partial charge in [-0.05, 0) is 6.16 Å². The summed E-state index contributed by atoms with van der Waals surface area (Å²) < 4.78 is 59.4. The van der Waals surface area contributed by atoms with E-state index in [1.165, 1.54) is 0 Å². The second-order valence-corrected chi connectivity index (χ2v) is 2.09. The van der Waals surface area contributed by atoms with Gasteiger partial charge in [-0.3, -0.25) is 12.6 Å². The molecule has 0 spiro atoms. The van der Waals surface area contributed by atoms with Gasteiger partial charge in [-0.25, -0.2) is 0 Å². The van der Waals surface area contributed by atoms with Crippen molar-refractivity contribution in [3.05, 3.63) is 0 Å². The van der Waals surface area contributed by atoms with Crippen LogP contribution in [-0.4, -0.2) is 150 Å². The van der Waals surface area contributed by atoms with Gasteiger partial charge in [0.2, 0.25) is 0 Å². The second kappa shape index (κ2) is 23.1. The molecule has 0 saturated heterocycles. The molecule has 0 aliphatic carbocycles. The summed E-state index contributed by atoms with van der Waals surface area (Å²) in [5.41, 5.74) is 0. The third kappa shape index (κ3) is 486. The summed E-state index contributed by atoms with van der Waals surface area (Å²) in [5, 5.41) is 16.7. The summed E-state index contributed by atoms with van der Waals surface area (Å²) in [7, 11) is -5.17. The maximum absolute atomic E-state index is 8.52. The Balaban J connectivity index is -0.0000000216. The molecule has 0 unspecified atom stereocenters. The molecule has 0 atom stereocenters. The predicted octanol–water partition coefficient (Wildman–Crippen LogP) is -5.93. The van der Waals surface area contributed by atoms with Crippen molar-refractivity contribution in [3.63, 3.8) is 0 Å². The molecule has 0 aliphatic rings. The molecule has 0 heterocycles. The molecule has 0 aromatic heterocycles.